The first kappa shape index (κ1) is 28.4. The van der Waals surface area contributed by atoms with E-state index in [1.165, 1.54) is 64.5 Å². The minimum atomic E-state index is -0.831. The third-order valence-electron chi connectivity index (χ3n) is 8.36. The molecule has 0 spiro atoms. The summed E-state index contributed by atoms with van der Waals surface area (Å²) in [5.74, 6) is 0. The van der Waals surface area contributed by atoms with Gasteiger partial charge in [-0.15, -0.1) is 0 Å². The summed E-state index contributed by atoms with van der Waals surface area (Å²) in [6.45, 7) is 4.49. The summed E-state index contributed by atoms with van der Waals surface area (Å²) >= 11 is 0. The highest BCUT2D eigenvalue weighted by molar-refractivity contribution is 7.80. The molecule has 0 aliphatic heterocycles. The third-order valence-corrected chi connectivity index (χ3v) is 13.5. The molecule has 0 radical (unpaired) electrons. The van der Waals surface area contributed by atoms with Gasteiger partial charge in [0.05, 0.1) is 0 Å². The predicted octanol–water partition coefficient (Wildman–Crippen LogP) is 9.77. The molecule has 1 atom stereocenters. The molecule has 0 aliphatic carbocycles. The Balaban J connectivity index is 1.65. The van der Waals surface area contributed by atoms with Crippen LogP contribution in [0.1, 0.15) is 13.8 Å². The Hall–Kier alpha value is -4.34. The maximum atomic E-state index is 2.42. The molecule has 0 aromatic heterocycles. The van der Waals surface area contributed by atoms with Gasteiger partial charge >= 0.3 is 0 Å². The number of hydrogen-bond acceptors (Lipinski definition) is 0. The van der Waals surface area contributed by atoms with Crippen LogP contribution in [-0.2, 0) is 0 Å². The summed E-state index contributed by atoms with van der Waals surface area (Å²) in [6.07, 6.45) is 2.31. The minimum Gasteiger partial charge on any atom is -0.0836 e. The van der Waals surface area contributed by atoms with E-state index in [1.54, 1.807) is 0 Å². The number of allylic oxidation sites excluding steroid dienone is 2. The maximum Gasteiger partial charge on any atom is -0.000884 e. The highest BCUT2D eigenvalue weighted by Crippen LogP contribution is 2.49. The lowest BCUT2D eigenvalue weighted by Crippen LogP contribution is -2.24. The summed E-state index contributed by atoms with van der Waals surface area (Å²) in [5.41, 5.74) is 2.73. The molecule has 0 saturated carbocycles. The molecule has 7 rings (SSSR count). The van der Waals surface area contributed by atoms with Gasteiger partial charge in [-0.2, -0.15) is 0 Å². The molecule has 0 aliphatic rings. The second-order valence-electron chi connectivity index (χ2n) is 11.0. The topological polar surface area (TPSA) is 0 Å². The second kappa shape index (κ2) is 12.7. The zero-order valence-electron chi connectivity index (χ0n) is 25.1. The van der Waals surface area contributed by atoms with Gasteiger partial charge in [0.1, 0.15) is 0 Å². The lowest BCUT2D eigenvalue weighted by molar-refractivity contribution is 1.58. The van der Waals surface area contributed by atoms with E-state index < -0.39 is 15.8 Å². The van der Waals surface area contributed by atoms with Crippen LogP contribution in [0.4, 0.5) is 0 Å². The molecule has 1 unspecified atom stereocenters. The molecule has 0 N–H and O–H groups in total. The van der Waals surface area contributed by atoms with Crippen molar-refractivity contribution in [2.75, 3.05) is 0 Å². The van der Waals surface area contributed by atoms with Gasteiger partial charge in [0.25, 0.3) is 0 Å². The molecule has 7 aromatic carbocycles. The van der Waals surface area contributed by atoms with Gasteiger partial charge in [-0.1, -0.05) is 170 Å². The predicted molar refractivity (Wildman–Crippen MR) is 198 cm³/mol. The van der Waals surface area contributed by atoms with Crippen LogP contribution >= 0.6 is 15.8 Å². The number of benzene rings is 7. The van der Waals surface area contributed by atoms with Crippen molar-refractivity contribution in [1.29, 1.82) is 0 Å². The van der Waals surface area contributed by atoms with Crippen LogP contribution in [0.5, 0.6) is 0 Å². The van der Waals surface area contributed by atoms with Crippen molar-refractivity contribution >= 4 is 63.9 Å². The zero-order chi connectivity index (χ0) is 29.9. The first-order valence-electron chi connectivity index (χ1n) is 15.2. The quantitative estimate of drug-likeness (QED) is 0.160. The highest BCUT2D eigenvalue weighted by Gasteiger charge is 2.27. The normalized spacial score (nSPS) is 12.6. The molecule has 2 heteroatoms. The Morgan fingerprint density at radius 1 is 0.432 bits per heavy atom. The molecule has 0 fully saturated rings. The molecular formula is C42H34P2. The fourth-order valence-corrected chi connectivity index (χ4v) is 11.2. The molecule has 7 aromatic rings. The average Bonchev–Trinajstić information content (AvgIpc) is 3.10. The lowest BCUT2D eigenvalue weighted by Gasteiger charge is -2.28. The van der Waals surface area contributed by atoms with Gasteiger partial charge in [0.2, 0.25) is 0 Å². The minimum absolute atomic E-state index is 0.757. The van der Waals surface area contributed by atoms with Crippen molar-refractivity contribution in [2.45, 2.75) is 13.8 Å². The first-order valence-corrected chi connectivity index (χ1v) is 17.8. The Morgan fingerprint density at radius 2 is 0.841 bits per heavy atom. The van der Waals surface area contributed by atoms with E-state index in [4.69, 9.17) is 0 Å². The molecule has 44 heavy (non-hydrogen) atoms. The number of fused-ring (bicyclic) bond motifs is 2. The van der Waals surface area contributed by atoms with Crippen LogP contribution in [-0.4, -0.2) is 0 Å². The van der Waals surface area contributed by atoms with Crippen molar-refractivity contribution in [3.63, 3.8) is 0 Å². The smallest absolute Gasteiger partial charge is 0.000884 e. The number of rotatable bonds is 7. The van der Waals surface area contributed by atoms with E-state index in [2.05, 4.69) is 184 Å². The maximum absolute atomic E-state index is 2.42. The van der Waals surface area contributed by atoms with Crippen LogP contribution in [0.2, 0.25) is 0 Å². The largest absolute Gasteiger partial charge is 0.0836 e. The van der Waals surface area contributed by atoms with Crippen molar-refractivity contribution < 1.29 is 0 Å². The molecular weight excluding hydrogens is 566 g/mol. The molecule has 0 bridgehead atoms. The van der Waals surface area contributed by atoms with E-state index in [-0.39, 0.29) is 0 Å². The van der Waals surface area contributed by atoms with Gasteiger partial charge in [0, 0.05) is 0 Å². The van der Waals surface area contributed by atoms with Crippen molar-refractivity contribution in [3.8, 4) is 11.1 Å². The van der Waals surface area contributed by atoms with Gasteiger partial charge in [0.15, 0.2) is 0 Å². The number of hydrogen-bond donors (Lipinski definition) is 0. The van der Waals surface area contributed by atoms with Crippen LogP contribution in [0.15, 0.2) is 175 Å². The zero-order valence-corrected chi connectivity index (χ0v) is 26.8. The Kier molecular flexibility index (Phi) is 8.22. The van der Waals surface area contributed by atoms with E-state index in [0.717, 1.165) is 0 Å². The molecule has 0 heterocycles. The fraction of sp³-hybridized carbons (Fsp3) is 0.0476. The molecule has 212 valence electrons. The van der Waals surface area contributed by atoms with E-state index in [1.807, 2.05) is 0 Å². The first-order chi connectivity index (χ1) is 21.7. The Labute approximate surface area is 263 Å². The third kappa shape index (κ3) is 5.31. The van der Waals surface area contributed by atoms with Crippen LogP contribution in [0.25, 0.3) is 32.7 Å². The van der Waals surface area contributed by atoms with Gasteiger partial charge in [-0.05, 0) is 94.2 Å². The Bertz CT molecular complexity index is 2040. The van der Waals surface area contributed by atoms with E-state index in [0.29, 0.717) is 0 Å². The van der Waals surface area contributed by atoms with Crippen LogP contribution in [0, 0.1) is 0 Å². The van der Waals surface area contributed by atoms with Gasteiger partial charge in [-0.25, -0.2) is 0 Å². The molecule has 0 nitrogen and oxygen atoms in total. The summed E-state index contributed by atoms with van der Waals surface area (Å²) in [7, 11) is -1.59. The van der Waals surface area contributed by atoms with Gasteiger partial charge < -0.3 is 0 Å². The second-order valence-corrected chi connectivity index (χ2v) is 15.5. The van der Waals surface area contributed by atoms with Crippen molar-refractivity contribution in [2.24, 2.45) is 0 Å². The summed E-state index contributed by atoms with van der Waals surface area (Å²) in [5, 5.41) is 13.5. The lowest BCUT2D eigenvalue weighted by atomic mass is 9.93. The molecule has 0 amide bonds. The average molecular weight is 601 g/mol. The summed E-state index contributed by atoms with van der Waals surface area (Å²) in [6, 6.07) is 60.7. The van der Waals surface area contributed by atoms with Crippen LogP contribution < -0.4 is 26.5 Å². The van der Waals surface area contributed by atoms with E-state index in [9.17, 15) is 0 Å². The SMILES string of the molecule is C/C=C(\C)P(c1ccccc1)c1ccc2ccccc2c1-c1c(P(c2ccccc2)c2ccccc2)ccc2ccccc12. The Morgan fingerprint density at radius 3 is 1.34 bits per heavy atom. The van der Waals surface area contributed by atoms with Crippen LogP contribution in [0.3, 0.4) is 0 Å². The monoisotopic (exact) mass is 600 g/mol. The fourth-order valence-electron chi connectivity index (χ4n) is 6.24. The van der Waals surface area contributed by atoms with E-state index >= 15 is 0 Å². The summed E-state index contributed by atoms with van der Waals surface area (Å²) < 4.78 is 0. The standard InChI is InChI=1S/C42H34P2/c1-3-31(2)43(34-19-7-4-8-20-34)39-29-27-32-17-13-15-25-37(32)41(39)42-38-26-16-14-18-33(38)28-30-40(42)44(35-21-9-5-10-22-35)36-23-11-6-12-24-36/h3-30H,1-2H3/b31-3+. The highest BCUT2D eigenvalue weighted by atomic mass is 31.1. The van der Waals surface area contributed by atoms with Gasteiger partial charge in [-0.3, -0.25) is 0 Å². The molecule has 0 saturated heterocycles. The van der Waals surface area contributed by atoms with Crippen molar-refractivity contribution in [1.82, 2.24) is 0 Å². The van der Waals surface area contributed by atoms with Crippen molar-refractivity contribution in [3.05, 3.63) is 175 Å². The summed E-state index contributed by atoms with van der Waals surface area (Å²) in [4.78, 5) is 0.